The second kappa shape index (κ2) is 32.5. The molecule has 79 heavy (non-hydrogen) atoms. The highest BCUT2D eigenvalue weighted by Crippen LogP contribution is 2.20. The zero-order valence-electron chi connectivity index (χ0n) is 42.2. The summed E-state index contributed by atoms with van der Waals surface area (Å²) in [6.45, 7) is 2.83. The predicted octanol–water partition coefficient (Wildman–Crippen LogP) is 0.523. The molecule has 0 aliphatic heterocycles. The number of nitrogens with zero attached hydrogens (tertiary/aromatic N) is 3. The van der Waals surface area contributed by atoms with Crippen molar-refractivity contribution >= 4 is 71.1 Å². The molecule has 0 aliphatic rings. The number of hydrogen-bond donors (Lipinski definition) is 13. The number of ether oxygens (including phenoxy) is 4. The third-order valence-electron chi connectivity index (χ3n) is 10.9. The number of nitrogens with two attached hydrogens (primary N) is 1. The molecular formula is C49H60N10O20. The lowest BCUT2D eigenvalue weighted by molar-refractivity contribution is -0.142. The van der Waals surface area contributed by atoms with Gasteiger partial charge in [0.2, 0.25) is 0 Å². The molecule has 6 amide bonds. The maximum Gasteiger partial charge on any atom is 0.326 e. The summed E-state index contributed by atoms with van der Waals surface area (Å²) >= 11 is 0. The number of carbonyl (C=O) groups is 10. The van der Waals surface area contributed by atoms with Gasteiger partial charge in [0.05, 0.1) is 64.7 Å². The summed E-state index contributed by atoms with van der Waals surface area (Å²) in [5, 5.41) is 78.2. The van der Waals surface area contributed by atoms with Crippen LogP contribution in [-0.2, 0) is 67.2 Å². The standard InChI is InChI=1S/C49H60N10O20/c50-13-14-76-15-16-77-17-18-78-19-20-79-27-34-26-59(58-57-34)35-24-30(42(64)51-32-5-1-28(2-6-32)21-38(46(70)71)55-48(74)53-36(44(66)67)9-11-40(60)61)23-31(25-35)43(65)52-33-7-3-29(4-8-33)22-39(47(72)73)56-49(75)54-37(45(68)69)10-12-41(62)63/h1-8,23-26,36-39H,9-22,27,50H2,(H,51,64)(H,52,65)(H,60,61)(H,62,63)(H,66,67)(H,68,69)(H,70,71)(H,72,73)(H2,53,55,74)(H2,54,56,75)/t36-,37-,38-,39-/m0/s1. The SMILES string of the molecule is NCCOCCOCCOCCOCc1cn(-c2cc(C(=O)Nc3ccc(C[C@H](NC(=O)N[C@@H](CCC(=O)O)C(=O)O)C(=O)O)cc3)cc(C(=O)Nc3ccc(C[C@H](NC(=O)N[C@@H](CCC(=O)O)C(=O)O)C(=O)O)cc3)c2)nn1. The number of rotatable bonds is 36. The average molecular weight is 1110 g/mol. The lowest BCUT2D eigenvalue weighted by Gasteiger charge is -2.18. The van der Waals surface area contributed by atoms with Crippen molar-refractivity contribution in [3.8, 4) is 5.69 Å². The number of aliphatic carboxylic acids is 6. The molecule has 14 N–H and O–H groups in total. The van der Waals surface area contributed by atoms with E-state index >= 15 is 0 Å². The van der Waals surface area contributed by atoms with Gasteiger partial charge in [0.1, 0.15) is 29.9 Å². The summed E-state index contributed by atoms with van der Waals surface area (Å²) in [7, 11) is 0. The molecule has 0 aliphatic carbocycles. The van der Waals surface area contributed by atoms with Crippen LogP contribution in [0.25, 0.3) is 5.69 Å². The van der Waals surface area contributed by atoms with Gasteiger partial charge in [-0.25, -0.2) is 33.4 Å². The van der Waals surface area contributed by atoms with Crippen LogP contribution in [-0.4, -0.2) is 182 Å². The quantitative estimate of drug-likeness (QED) is 0.0276. The third kappa shape index (κ3) is 23.0. The van der Waals surface area contributed by atoms with Crippen molar-refractivity contribution < 1.29 is 97.5 Å². The first-order valence-corrected chi connectivity index (χ1v) is 24.1. The van der Waals surface area contributed by atoms with E-state index in [0.29, 0.717) is 56.4 Å². The second-order valence-corrected chi connectivity index (χ2v) is 17.0. The summed E-state index contributed by atoms with van der Waals surface area (Å²) in [5.74, 6) is -10.0. The van der Waals surface area contributed by atoms with Gasteiger partial charge in [0.15, 0.2) is 0 Å². The van der Waals surface area contributed by atoms with Crippen LogP contribution in [0.4, 0.5) is 21.0 Å². The van der Waals surface area contributed by atoms with Crippen molar-refractivity contribution in [1.82, 2.24) is 36.3 Å². The van der Waals surface area contributed by atoms with Gasteiger partial charge in [-0.15, -0.1) is 5.10 Å². The van der Waals surface area contributed by atoms with E-state index in [0.717, 1.165) is 0 Å². The summed E-state index contributed by atoms with van der Waals surface area (Å²) < 4.78 is 23.1. The third-order valence-corrected chi connectivity index (χ3v) is 10.9. The molecule has 0 unspecified atom stereocenters. The Morgan fingerprint density at radius 3 is 1.27 bits per heavy atom. The summed E-state index contributed by atoms with van der Waals surface area (Å²) in [6, 6.07) is 7.07. The van der Waals surface area contributed by atoms with Gasteiger partial charge < -0.3 is 87.2 Å². The Hall–Kier alpha value is -9.10. The average Bonchev–Trinajstić information content (AvgIpc) is 3.94. The molecule has 0 fully saturated rings. The molecule has 4 rings (SSSR count). The lowest BCUT2D eigenvalue weighted by Crippen LogP contribution is -2.51. The van der Waals surface area contributed by atoms with E-state index in [1.165, 1.54) is 77.6 Å². The predicted molar refractivity (Wildman–Crippen MR) is 271 cm³/mol. The Morgan fingerprint density at radius 2 is 0.886 bits per heavy atom. The molecule has 1 aromatic heterocycles. The topological polar surface area (TPSA) is 458 Å². The molecule has 30 nitrogen and oxygen atoms in total. The van der Waals surface area contributed by atoms with Crippen LogP contribution in [0.3, 0.4) is 0 Å². The largest absolute Gasteiger partial charge is 0.481 e. The minimum absolute atomic E-state index is 0.0182. The van der Waals surface area contributed by atoms with Gasteiger partial charge in [-0.3, -0.25) is 19.2 Å². The van der Waals surface area contributed by atoms with Crippen LogP contribution in [0.15, 0.2) is 72.9 Å². The smallest absolute Gasteiger partial charge is 0.326 e. The van der Waals surface area contributed by atoms with Gasteiger partial charge in [0.25, 0.3) is 11.8 Å². The highest BCUT2D eigenvalue weighted by molar-refractivity contribution is 6.09. The number of hydrogen-bond acceptors (Lipinski definition) is 17. The van der Waals surface area contributed by atoms with Crippen molar-refractivity contribution in [2.45, 2.75) is 69.3 Å². The van der Waals surface area contributed by atoms with Gasteiger partial charge in [-0.05, 0) is 66.4 Å². The Morgan fingerprint density at radius 1 is 0.506 bits per heavy atom. The Balaban J connectivity index is 1.48. The molecular weight excluding hydrogens is 1050 g/mol. The molecule has 0 saturated heterocycles. The number of carboxylic acid groups (broad SMARTS) is 6. The molecule has 0 radical (unpaired) electrons. The maximum absolute atomic E-state index is 13.9. The second-order valence-electron chi connectivity index (χ2n) is 17.0. The maximum atomic E-state index is 13.9. The highest BCUT2D eigenvalue weighted by atomic mass is 16.6. The number of urea groups is 2. The highest BCUT2D eigenvalue weighted by Gasteiger charge is 2.27. The van der Waals surface area contributed by atoms with E-state index in [4.69, 9.17) is 34.9 Å². The molecule has 0 spiro atoms. The lowest BCUT2D eigenvalue weighted by atomic mass is 10.0. The number of amides is 6. The number of carboxylic acids is 6. The van der Waals surface area contributed by atoms with Gasteiger partial charge >= 0.3 is 47.9 Å². The first-order valence-electron chi connectivity index (χ1n) is 24.1. The van der Waals surface area contributed by atoms with Crippen LogP contribution in [0.2, 0.25) is 0 Å². The number of anilines is 2. The summed E-state index contributed by atoms with van der Waals surface area (Å²) in [5.41, 5.74) is 7.05. The van der Waals surface area contributed by atoms with Crippen molar-refractivity contribution in [1.29, 1.82) is 0 Å². The first kappa shape index (κ1) is 62.4. The summed E-state index contributed by atoms with van der Waals surface area (Å²) in [6.07, 6.45) is -1.11. The molecule has 4 aromatic rings. The fraction of sp³-hybridized carbons (Fsp3) is 0.388. The van der Waals surface area contributed by atoms with Crippen molar-refractivity contribution in [2.75, 3.05) is 63.4 Å². The molecule has 30 heteroatoms. The molecule has 0 saturated carbocycles. The van der Waals surface area contributed by atoms with E-state index in [-0.39, 0.29) is 60.9 Å². The van der Waals surface area contributed by atoms with E-state index < -0.39 is 110 Å². The van der Waals surface area contributed by atoms with E-state index in [2.05, 4.69) is 42.2 Å². The van der Waals surface area contributed by atoms with Crippen molar-refractivity contribution in [3.63, 3.8) is 0 Å². The number of nitrogens with one attached hydrogen (secondary N) is 6. The molecule has 4 atom stereocenters. The monoisotopic (exact) mass is 1110 g/mol. The Labute approximate surface area is 448 Å². The molecule has 426 valence electrons. The minimum Gasteiger partial charge on any atom is -0.481 e. The first-order chi connectivity index (χ1) is 37.7. The number of aromatic nitrogens is 3. The van der Waals surface area contributed by atoms with Gasteiger partial charge in [0, 0.05) is 54.7 Å². The molecule has 1 heterocycles. The summed E-state index contributed by atoms with van der Waals surface area (Å²) in [4.78, 5) is 122. The van der Waals surface area contributed by atoms with Crippen LogP contribution >= 0.6 is 0 Å². The van der Waals surface area contributed by atoms with Crippen LogP contribution < -0.4 is 37.6 Å². The van der Waals surface area contributed by atoms with Crippen LogP contribution in [0.5, 0.6) is 0 Å². The van der Waals surface area contributed by atoms with Gasteiger partial charge in [-0.2, -0.15) is 0 Å². The van der Waals surface area contributed by atoms with Gasteiger partial charge in [-0.1, -0.05) is 29.5 Å². The van der Waals surface area contributed by atoms with E-state index in [9.17, 15) is 68.4 Å². The van der Waals surface area contributed by atoms with Crippen LogP contribution in [0, 0.1) is 0 Å². The zero-order chi connectivity index (χ0) is 57.9. The Kier molecular flexibility index (Phi) is 25.7. The normalized spacial score (nSPS) is 12.4. The zero-order valence-corrected chi connectivity index (χ0v) is 42.2. The van der Waals surface area contributed by atoms with Crippen molar-refractivity contribution in [3.05, 3.63) is 101 Å². The fourth-order valence-corrected chi connectivity index (χ4v) is 6.91. The minimum atomic E-state index is -1.61. The number of benzene rings is 3. The molecule has 0 bridgehead atoms. The molecule has 3 aromatic carbocycles. The van der Waals surface area contributed by atoms with E-state index in [1.807, 2.05) is 0 Å². The van der Waals surface area contributed by atoms with Crippen LogP contribution in [0.1, 0.15) is 63.2 Å². The number of carbonyl (C=O) groups excluding carboxylic acids is 4. The fourth-order valence-electron chi connectivity index (χ4n) is 6.91. The van der Waals surface area contributed by atoms with Crippen molar-refractivity contribution in [2.24, 2.45) is 5.73 Å². The van der Waals surface area contributed by atoms with E-state index in [1.54, 1.807) is 0 Å². The Bertz CT molecular complexity index is 2590.